The number of nitrogens with one attached hydrogen (secondary N) is 1. The van der Waals surface area contributed by atoms with Crippen LogP contribution in [0.3, 0.4) is 0 Å². The fraction of sp³-hybridized carbons (Fsp3) is 0.455. The van der Waals surface area contributed by atoms with Gasteiger partial charge in [-0.15, -0.1) is 0 Å². The standard InChI is InChI=1S/C11H14BrClN2O2S/c1-2-15(9-6-14-7-9)18(16,17)11-4-3-8(12)5-10(11)13/h3-5,9,14H,2,6-7H2,1H3. The topological polar surface area (TPSA) is 49.4 Å². The van der Waals surface area contributed by atoms with Crippen LogP contribution in [0, 0.1) is 0 Å². The summed E-state index contributed by atoms with van der Waals surface area (Å²) in [5.41, 5.74) is 0. The van der Waals surface area contributed by atoms with Gasteiger partial charge in [0.1, 0.15) is 4.90 Å². The molecule has 0 spiro atoms. The minimum absolute atomic E-state index is 0.0275. The second-order valence-corrected chi connectivity index (χ2v) is 7.28. The first-order chi connectivity index (χ1) is 8.46. The number of likely N-dealkylation sites (N-methyl/N-ethyl adjacent to an activating group) is 1. The lowest BCUT2D eigenvalue weighted by molar-refractivity contribution is 0.249. The first-order valence-electron chi connectivity index (χ1n) is 5.64. The summed E-state index contributed by atoms with van der Waals surface area (Å²) < 4.78 is 27.3. The van der Waals surface area contributed by atoms with E-state index in [9.17, 15) is 8.42 Å². The van der Waals surface area contributed by atoms with Crippen molar-refractivity contribution in [3.63, 3.8) is 0 Å². The van der Waals surface area contributed by atoms with Crippen LogP contribution in [0.4, 0.5) is 0 Å². The highest BCUT2D eigenvalue weighted by Crippen LogP contribution is 2.29. The van der Waals surface area contributed by atoms with Crippen molar-refractivity contribution in [2.75, 3.05) is 19.6 Å². The Balaban J connectivity index is 2.39. The van der Waals surface area contributed by atoms with Gasteiger partial charge in [-0.2, -0.15) is 4.31 Å². The largest absolute Gasteiger partial charge is 0.313 e. The lowest BCUT2D eigenvalue weighted by Gasteiger charge is -2.36. The van der Waals surface area contributed by atoms with Crippen LogP contribution in [0.5, 0.6) is 0 Å². The van der Waals surface area contributed by atoms with Gasteiger partial charge < -0.3 is 5.32 Å². The van der Waals surface area contributed by atoms with E-state index in [1.807, 2.05) is 6.92 Å². The molecule has 0 unspecified atom stereocenters. The third kappa shape index (κ3) is 2.58. The molecule has 7 heteroatoms. The summed E-state index contributed by atoms with van der Waals surface area (Å²) in [5, 5.41) is 3.32. The second-order valence-electron chi connectivity index (χ2n) is 4.10. The van der Waals surface area contributed by atoms with Crippen molar-refractivity contribution in [2.24, 2.45) is 0 Å². The highest BCUT2D eigenvalue weighted by molar-refractivity contribution is 9.10. The number of nitrogens with zero attached hydrogens (tertiary/aromatic N) is 1. The monoisotopic (exact) mass is 352 g/mol. The van der Waals surface area contributed by atoms with Crippen LogP contribution < -0.4 is 5.32 Å². The lowest BCUT2D eigenvalue weighted by Crippen LogP contribution is -2.58. The van der Waals surface area contributed by atoms with Crippen LogP contribution in [0.1, 0.15) is 6.92 Å². The quantitative estimate of drug-likeness (QED) is 0.901. The molecule has 1 aliphatic rings. The van der Waals surface area contributed by atoms with Crippen molar-refractivity contribution >= 4 is 37.6 Å². The van der Waals surface area contributed by atoms with E-state index in [2.05, 4.69) is 21.2 Å². The molecule has 2 rings (SSSR count). The Morgan fingerprint density at radius 2 is 2.17 bits per heavy atom. The molecule has 1 aromatic carbocycles. The third-order valence-electron chi connectivity index (χ3n) is 2.96. The van der Waals surface area contributed by atoms with Crippen LogP contribution in [-0.2, 0) is 10.0 Å². The molecule has 1 aliphatic heterocycles. The van der Waals surface area contributed by atoms with Crippen molar-refractivity contribution in [3.8, 4) is 0 Å². The number of rotatable bonds is 4. The predicted molar refractivity (Wildman–Crippen MR) is 75.4 cm³/mol. The first-order valence-corrected chi connectivity index (χ1v) is 8.25. The summed E-state index contributed by atoms with van der Waals surface area (Å²) >= 11 is 9.30. The highest BCUT2D eigenvalue weighted by atomic mass is 79.9. The number of sulfonamides is 1. The normalized spacial score (nSPS) is 16.9. The van der Waals surface area contributed by atoms with Gasteiger partial charge in [-0.1, -0.05) is 34.5 Å². The first kappa shape index (κ1) is 14.3. The minimum atomic E-state index is -3.52. The average molecular weight is 354 g/mol. The molecular formula is C11H14BrClN2O2S. The Kier molecular flexibility index (Phi) is 4.33. The molecule has 1 saturated heterocycles. The fourth-order valence-corrected chi connectivity index (χ4v) is 4.56. The van der Waals surface area contributed by atoms with Gasteiger partial charge in [-0.3, -0.25) is 0 Å². The van der Waals surface area contributed by atoms with E-state index in [4.69, 9.17) is 11.6 Å². The maximum Gasteiger partial charge on any atom is 0.244 e. The summed E-state index contributed by atoms with van der Waals surface area (Å²) in [7, 11) is -3.52. The summed E-state index contributed by atoms with van der Waals surface area (Å²) in [6.07, 6.45) is 0. The minimum Gasteiger partial charge on any atom is -0.313 e. The van der Waals surface area contributed by atoms with Gasteiger partial charge in [0.25, 0.3) is 0 Å². The van der Waals surface area contributed by atoms with Crippen molar-refractivity contribution in [1.29, 1.82) is 0 Å². The SMILES string of the molecule is CCN(C1CNC1)S(=O)(=O)c1ccc(Br)cc1Cl. The average Bonchev–Trinajstić information content (AvgIpc) is 2.22. The smallest absolute Gasteiger partial charge is 0.244 e. The van der Waals surface area contributed by atoms with E-state index in [-0.39, 0.29) is 16.0 Å². The van der Waals surface area contributed by atoms with Crippen molar-refractivity contribution in [1.82, 2.24) is 9.62 Å². The summed E-state index contributed by atoms with van der Waals surface area (Å²) in [6, 6.07) is 4.85. The molecule has 0 aromatic heterocycles. The van der Waals surface area contributed by atoms with Crippen molar-refractivity contribution in [2.45, 2.75) is 17.9 Å². The van der Waals surface area contributed by atoms with E-state index in [1.54, 1.807) is 12.1 Å². The molecular weight excluding hydrogens is 340 g/mol. The molecule has 1 N–H and O–H groups in total. The van der Waals surface area contributed by atoms with Crippen LogP contribution in [0.25, 0.3) is 0 Å². The number of benzene rings is 1. The van der Waals surface area contributed by atoms with Gasteiger partial charge in [0.2, 0.25) is 10.0 Å². The molecule has 100 valence electrons. The molecule has 4 nitrogen and oxygen atoms in total. The van der Waals surface area contributed by atoms with Gasteiger partial charge in [0.05, 0.1) is 11.1 Å². The van der Waals surface area contributed by atoms with Crippen LogP contribution in [0.2, 0.25) is 5.02 Å². The molecule has 0 bridgehead atoms. The molecule has 0 radical (unpaired) electrons. The van der Waals surface area contributed by atoms with Crippen molar-refractivity contribution in [3.05, 3.63) is 27.7 Å². The fourth-order valence-electron chi connectivity index (χ4n) is 1.91. The second kappa shape index (κ2) is 5.46. The van der Waals surface area contributed by atoms with E-state index < -0.39 is 10.0 Å². The molecule has 0 amide bonds. The van der Waals surface area contributed by atoms with E-state index >= 15 is 0 Å². The maximum absolute atomic E-state index is 12.5. The molecule has 18 heavy (non-hydrogen) atoms. The Bertz CT molecular complexity index is 546. The lowest BCUT2D eigenvalue weighted by atomic mass is 10.2. The molecule has 1 fully saturated rings. The Hall–Kier alpha value is -0.140. The Morgan fingerprint density at radius 3 is 2.61 bits per heavy atom. The van der Waals surface area contributed by atoms with Gasteiger partial charge in [0, 0.05) is 24.1 Å². The van der Waals surface area contributed by atoms with Gasteiger partial charge in [0.15, 0.2) is 0 Å². The van der Waals surface area contributed by atoms with Crippen LogP contribution >= 0.6 is 27.5 Å². The zero-order chi connectivity index (χ0) is 13.3. The molecule has 1 aromatic rings. The molecule has 0 atom stereocenters. The zero-order valence-electron chi connectivity index (χ0n) is 9.86. The third-order valence-corrected chi connectivity index (χ3v) is 5.96. The van der Waals surface area contributed by atoms with Gasteiger partial charge in [-0.25, -0.2) is 8.42 Å². The summed E-state index contributed by atoms with van der Waals surface area (Å²) in [4.78, 5) is 0.168. The Morgan fingerprint density at radius 1 is 1.50 bits per heavy atom. The predicted octanol–water partition coefficient (Wildman–Crippen LogP) is 2.08. The van der Waals surface area contributed by atoms with Crippen LogP contribution in [-0.4, -0.2) is 38.4 Å². The van der Waals surface area contributed by atoms with E-state index in [0.29, 0.717) is 19.6 Å². The molecule has 0 saturated carbocycles. The number of hydrogen-bond donors (Lipinski definition) is 1. The van der Waals surface area contributed by atoms with Crippen LogP contribution in [0.15, 0.2) is 27.6 Å². The zero-order valence-corrected chi connectivity index (χ0v) is 13.0. The number of hydrogen-bond acceptors (Lipinski definition) is 3. The number of halogens is 2. The van der Waals surface area contributed by atoms with Gasteiger partial charge in [-0.05, 0) is 18.2 Å². The van der Waals surface area contributed by atoms with Crippen molar-refractivity contribution < 1.29 is 8.42 Å². The van der Waals surface area contributed by atoms with Gasteiger partial charge >= 0.3 is 0 Å². The summed E-state index contributed by atoms with van der Waals surface area (Å²) in [6.45, 7) is 3.67. The molecule has 0 aliphatic carbocycles. The van der Waals surface area contributed by atoms with E-state index in [1.165, 1.54) is 10.4 Å². The van der Waals surface area contributed by atoms with E-state index in [0.717, 1.165) is 4.47 Å². The summed E-state index contributed by atoms with van der Waals surface area (Å²) in [5.74, 6) is 0. The molecule has 1 heterocycles. The highest BCUT2D eigenvalue weighted by Gasteiger charge is 2.34. The maximum atomic E-state index is 12.5. The Labute approximate surface area is 120 Å².